The number of allylic oxidation sites excluding steroid dienone is 5. The molecule has 14 heteroatoms. The Bertz CT molecular complexity index is 2810. The molecule has 11 rings (SSSR count). The summed E-state index contributed by atoms with van der Waals surface area (Å²) in [6, 6.07) is 7.18. The number of hydrogen-bond donors (Lipinski definition) is 3. The largest absolute Gasteiger partial charge is 0.482 e. The maximum absolute atomic E-state index is 15.6. The van der Waals surface area contributed by atoms with E-state index in [2.05, 4.69) is 6.08 Å². The highest BCUT2D eigenvalue weighted by molar-refractivity contribution is 6.22. The number of rotatable bonds is 11. The Morgan fingerprint density at radius 1 is 0.930 bits per heavy atom. The van der Waals surface area contributed by atoms with Crippen molar-refractivity contribution < 1.29 is 67.6 Å². The Balaban J connectivity index is 1.28. The topological polar surface area (TPSA) is 186 Å². The van der Waals surface area contributed by atoms with Crippen LogP contribution in [-0.2, 0) is 39.7 Å². The average Bonchev–Trinajstić information content (AvgIpc) is 3.61. The summed E-state index contributed by atoms with van der Waals surface area (Å²) in [6.45, 7) is 19.2. The first-order valence-electron chi connectivity index (χ1n) is 25.0. The minimum atomic E-state index is -2.31. The Hall–Kier alpha value is -5.35. The maximum Gasteiger partial charge on any atom is 0.333 e. The molecule has 378 valence electrons. The Morgan fingerprint density at radius 3 is 2.34 bits per heavy atom. The number of benzene rings is 2. The molecule has 1 spiro atoms. The number of carbonyl (C=O) groups is 3. The monoisotopic (exact) mass is 974 g/mol. The first-order chi connectivity index (χ1) is 33.6. The van der Waals surface area contributed by atoms with Crippen molar-refractivity contribution in [2.24, 2.45) is 23.7 Å². The quantitative estimate of drug-likeness (QED) is 0.111. The molecule has 2 aromatic rings. The first kappa shape index (κ1) is 49.2. The van der Waals surface area contributed by atoms with E-state index in [1.165, 1.54) is 18.8 Å². The van der Waals surface area contributed by atoms with Gasteiger partial charge in [0.05, 0.1) is 24.9 Å². The van der Waals surface area contributed by atoms with Crippen LogP contribution >= 0.6 is 0 Å². The van der Waals surface area contributed by atoms with Crippen molar-refractivity contribution in [2.75, 3.05) is 13.7 Å². The zero-order valence-corrected chi connectivity index (χ0v) is 42.5. The van der Waals surface area contributed by atoms with Gasteiger partial charge >= 0.3 is 5.97 Å². The van der Waals surface area contributed by atoms with Gasteiger partial charge < -0.3 is 53.2 Å². The number of ether oxygens (including phenoxy) is 8. The molecule has 2 bridgehead atoms. The van der Waals surface area contributed by atoms with Crippen LogP contribution in [0.1, 0.15) is 128 Å². The van der Waals surface area contributed by atoms with Gasteiger partial charge in [0, 0.05) is 52.0 Å². The van der Waals surface area contributed by atoms with Crippen LogP contribution < -0.4 is 14.2 Å². The summed E-state index contributed by atoms with van der Waals surface area (Å²) < 4.78 is 53.0. The number of ketones is 2. The van der Waals surface area contributed by atoms with Gasteiger partial charge in [0.25, 0.3) is 0 Å². The molecular weight excluding hydrogens is 909 g/mol. The molecule has 5 fully saturated rings. The smallest absolute Gasteiger partial charge is 0.333 e. The zero-order valence-electron chi connectivity index (χ0n) is 42.5. The van der Waals surface area contributed by atoms with Gasteiger partial charge in [-0.2, -0.15) is 0 Å². The van der Waals surface area contributed by atoms with Gasteiger partial charge in [-0.3, -0.25) is 9.59 Å². The van der Waals surface area contributed by atoms with Crippen LogP contribution in [0.25, 0.3) is 17.6 Å². The van der Waals surface area contributed by atoms with Crippen molar-refractivity contribution in [3.8, 4) is 17.2 Å². The van der Waals surface area contributed by atoms with Crippen molar-refractivity contribution >= 4 is 35.1 Å². The highest BCUT2D eigenvalue weighted by atomic mass is 16.8. The standard InChI is InChI=1S/C57H66O14/c1-27(2)15-14-22-55(10)23-21-34-45(70-55)33(19-18-28(3)4)48-40(47(34)68-53-44(60)43(59)49-37(66-53)26-65-54(8,9)69-49)50-41-38(39-42(58)31-16-12-13-17-32(31)46(39)67-50)35-25-36(29(5)6)57(41,71-48)56(63,51(35)61)24-20-30(7)52(62)64-11/h12-13,15-18,20-21,23,29,35-38,43-44,49,53,59-60,63H,14,19,22,24-26H2,1-11H3/b30-20-/t35?,36?,37-,38?,43-,44-,49-,53+,55?,56?,57?/m0/s1. The number of carbonyl (C=O) groups excluding carboxylic acids is 3. The van der Waals surface area contributed by atoms with E-state index in [1.807, 2.05) is 78.8 Å². The molecule has 9 aliphatic rings. The van der Waals surface area contributed by atoms with Crippen molar-refractivity contribution in [1.29, 1.82) is 0 Å². The van der Waals surface area contributed by atoms with Crippen LogP contribution in [0.4, 0.5) is 0 Å². The highest BCUT2D eigenvalue weighted by Crippen LogP contribution is 2.71. The number of hydrogen-bond acceptors (Lipinski definition) is 14. The second-order valence-corrected chi connectivity index (χ2v) is 22.0. The Kier molecular flexibility index (Phi) is 12.1. The Morgan fingerprint density at radius 2 is 1.65 bits per heavy atom. The van der Waals surface area contributed by atoms with Gasteiger partial charge in [-0.25, -0.2) is 4.79 Å². The third kappa shape index (κ3) is 7.52. The van der Waals surface area contributed by atoms with E-state index in [0.29, 0.717) is 63.3 Å². The third-order valence-electron chi connectivity index (χ3n) is 15.9. The molecule has 6 unspecified atom stereocenters. The van der Waals surface area contributed by atoms with Crippen LogP contribution in [0.3, 0.4) is 0 Å². The van der Waals surface area contributed by atoms with Crippen molar-refractivity contribution in [3.63, 3.8) is 0 Å². The lowest BCUT2D eigenvalue weighted by atomic mass is 9.43. The second-order valence-electron chi connectivity index (χ2n) is 22.0. The molecular formula is C57H66O14. The zero-order chi connectivity index (χ0) is 50.9. The SMILES string of the molecule is COC(=O)/C(C)=C\CC1(O)C(=O)C2CC(C(C)C)C13Oc1c(CC=C(C)C)c4c(c(O[C@H]5O[C@H]6COC(C)(C)O[C@@H]6[C@@H](O)[C@@H]5O)c1C1=C3C2C2=C(O1)c1ccccc1C2=O)C=CC(C)(CCC=C(C)C)O4. The molecule has 5 heterocycles. The van der Waals surface area contributed by atoms with Gasteiger partial charge in [-0.1, -0.05) is 67.5 Å². The summed E-state index contributed by atoms with van der Waals surface area (Å²) in [5.41, 5.74) is 0.376. The fourth-order valence-electron chi connectivity index (χ4n) is 12.4. The summed E-state index contributed by atoms with van der Waals surface area (Å²) in [5, 5.41) is 37.5. The fourth-order valence-corrected chi connectivity index (χ4v) is 12.4. The summed E-state index contributed by atoms with van der Waals surface area (Å²) >= 11 is 0. The van der Waals surface area contributed by atoms with Crippen LogP contribution in [-0.4, -0.2) is 99.9 Å². The second kappa shape index (κ2) is 17.4. The molecule has 71 heavy (non-hydrogen) atoms. The van der Waals surface area contributed by atoms with Gasteiger partial charge in [-0.15, -0.1) is 0 Å². The van der Waals surface area contributed by atoms with Gasteiger partial charge in [0.1, 0.15) is 64.3 Å². The number of aliphatic hydroxyl groups is 3. The number of methoxy groups -OCH3 is 1. The highest BCUT2D eigenvalue weighted by Gasteiger charge is 2.78. The molecule has 0 radical (unpaired) electrons. The summed E-state index contributed by atoms with van der Waals surface area (Å²) in [7, 11) is 1.27. The van der Waals surface area contributed by atoms with Gasteiger partial charge in [0.2, 0.25) is 6.29 Å². The molecule has 0 aromatic heterocycles. The fraction of sp³-hybridized carbons (Fsp3) is 0.526. The third-order valence-corrected chi connectivity index (χ3v) is 15.9. The van der Waals surface area contributed by atoms with Crippen LogP contribution in [0.5, 0.6) is 17.2 Å². The van der Waals surface area contributed by atoms with Crippen molar-refractivity contribution in [1.82, 2.24) is 0 Å². The predicted molar refractivity (Wildman–Crippen MR) is 262 cm³/mol. The molecule has 3 N–H and O–H groups in total. The molecule has 5 aliphatic heterocycles. The predicted octanol–water partition coefficient (Wildman–Crippen LogP) is 8.29. The summed E-state index contributed by atoms with van der Waals surface area (Å²) in [5.74, 6) is -3.75. The van der Waals surface area contributed by atoms with E-state index in [-0.39, 0.29) is 60.4 Å². The van der Waals surface area contributed by atoms with Crippen molar-refractivity contribution in [3.05, 3.63) is 104 Å². The lowest BCUT2D eigenvalue weighted by Crippen LogP contribution is -2.78. The van der Waals surface area contributed by atoms with Crippen molar-refractivity contribution in [2.45, 2.75) is 155 Å². The number of aliphatic hydroxyl groups excluding tert-OH is 2. The first-order valence-corrected chi connectivity index (χ1v) is 25.0. The van der Waals surface area contributed by atoms with E-state index in [9.17, 15) is 24.9 Å². The molecule has 14 nitrogen and oxygen atoms in total. The summed E-state index contributed by atoms with van der Waals surface area (Å²) in [6.07, 6.45) is 4.82. The average molecular weight is 975 g/mol. The molecule has 3 saturated carbocycles. The molecule has 4 aliphatic carbocycles. The van der Waals surface area contributed by atoms with Crippen LogP contribution in [0.15, 0.2) is 76.4 Å². The molecule has 11 atom stereocenters. The van der Waals surface area contributed by atoms with E-state index in [0.717, 1.165) is 5.57 Å². The molecule has 2 aromatic carbocycles. The number of esters is 1. The molecule has 2 saturated heterocycles. The number of Topliss-reactive ketones (excluding diaryl/α,β-unsaturated/α-hetero) is 2. The van der Waals surface area contributed by atoms with Crippen LogP contribution in [0.2, 0.25) is 0 Å². The minimum absolute atomic E-state index is 0.0385. The lowest BCUT2D eigenvalue weighted by molar-refractivity contribution is -0.373. The van der Waals surface area contributed by atoms with E-state index in [4.69, 9.17) is 37.9 Å². The van der Waals surface area contributed by atoms with Gasteiger partial charge in [0.15, 0.2) is 28.6 Å². The molecule has 0 amide bonds. The normalized spacial score (nSPS) is 33.6. The van der Waals surface area contributed by atoms with E-state index in [1.54, 1.807) is 32.9 Å². The number of fused-ring (bicyclic) bond motifs is 8. The summed E-state index contributed by atoms with van der Waals surface area (Å²) in [4.78, 5) is 43.4. The minimum Gasteiger partial charge on any atom is -0.482 e. The lowest BCUT2D eigenvalue weighted by Gasteiger charge is -2.65. The van der Waals surface area contributed by atoms with Gasteiger partial charge in [-0.05, 0) is 99.1 Å². The van der Waals surface area contributed by atoms with E-state index >= 15 is 4.79 Å². The maximum atomic E-state index is 15.6. The Labute approximate surface area is 415 Å². The van der Waals surface area contributed by atoms with Crippen LogP contribution in [0, 0.1) is 23.7 Å². The van der Waals surface area contributed by atoms with E-state index < -0.39 is 82.8 Å².